The van der Waals surface area contributed by atoms with Gasteiger partial charge in [0.15, 0.2) is 11.6 Å². The van der Waals surface area contributed by atoms with Gasteiger partial charge < -0.3 is 43.9 Å². The van der Waals surface area contributed by atoms with Gasteiger partial charge in [-0.15, -0.1) is 0 Å². The Morgan fingerprint density at radius 2 is 1.19 bits per heavy atom. The second-order valence-corrected chi connectivity index (χ2v) is 21.3. The monoisotopic (exact) mass is 1190 g/mol. The van der Waals surface area contributed by atoms with Crippen molar-refractivity contribution in [3.05, 3.63) is 116 Å². The number of nitrogens with zero attached hydrogens (tertiary/aromatic N) is 9. The number of pyridine rings is 2. The minimum absolute atomic E-state index is 0.00157. The highest BCUT2D eigenvalue weighted by Gasteiger charge is 2.28. The summed E-state index contributed by atoms with van der Waals surface area (Å²) < 4.78 is 29.6. The quantitative estimate of drug-likeness (QED) is 0.0368. The van der Waals surface area contributed by atoms with E-state index in [9.17, 15) is 18.9 Å². The van der Waals surface area contributed by atoms with Crippen LogP contribution in [0.15, 0.2) is 94.7 Å². The van der Waals surface area contributed by atoms with Crippen LogP contribution in [-0.2, 0) is 45.6 Å². The minimum Gasteiger partial charge on any atom is -0.380 e. The summed E-state index contributed by atoms with van der Waals surface area (Å²) in [6.45, 7) is 8.10. The zero-order valence-electron chi connectivity index (χ0n) is 42.7. The molecule has 6 rings (SSSR count). The Morgan fingerprint density at radius 3 is 1.58 bits per heavy atom. The molecule has 0 saturated heterocycles. The van der Waals surface area contributed by atoms with E-state index in [1.807, 2.05) is 88.5 Å². The Bertz CT molecular complexity index is 2800. The van der Waals surface area contributed by atoms with Crippen LogP contribution >= 0.6 is 62.7 Å². The molecule has 0 saturated carbocycles. The molecule has 4 aromatic heterocycles. The summed E-state index contributed by atoms with van der Waals surface area (Å²) in [6, 6.07) is 14.5. The van der Waals surface area contributed by atoms with Crippen LogP contribution < -0.4 is 10.6 Å². The van der Waals surface area contributed by atoms with Crippen molar-refractivity contribution in [1.29, 1.82) is 0 Å². The summed E-state index contributed by atoms with van der Waals surface area (Å²) in [5.74, 6) is 0.912. The first-order valence-electron chi connectivity index (χ1n) is 22.8. The van der Waals surface area contributed by atoms with Gasteiger partial charge in [0.25, 0.3) is 0 Å². The lowest BCUT2D eigenvalue weighted by atomic mass is 10.1. The molecule has 0 aliphatic heterocycles. The van der Waals surface area contributed by atoms with Crippen LogP contribution in [0.3, 0.4) is 0 Å². The van der Waals surface area contributed by atoms with E-state index in [-0.39, 0.29) is 43.8 Å². The first-order valence-corrected chi connectivity index (χ1v) is 26.9. The molecule has 4 heterocycles. The van der Waals surface area contributed by atoms with Gasteiger partial charge in [0.2, 0.25) is 0 Å². The van der Waals surface area contributed by atoms with Crippen LogP contribution in [0.1, 0.15) is 32.2 Å². The number of rotatable bonds is 22. The average molecular weight is 1190 g/mol. The van der Waals surface area contributed by atoms with Crippen LogP contribution in [-0.4, -0.2) is 157 Å². The lowest BCUT2D eigenvalue weighted by molar-refractivity contribution is -0.116. The minimum atomic E-state index is -3.45. The van der Waals surface area contributed by atoms with Crippen molar-refractivity contribution >= 4 is 125 Å². The van der Waals surface area contributed by atoms with Gasteiger partial charge in [0, 0.05) is 69.1 Å². The third kappa shape index (κ3) is 23.2. The van der Waals surface area contributed by atoms with E-state index in [4.69, 9.17) is 37.0 Å². The molecule has 23 heteroatoms. The summed E-state index contributed by atoms with van der Waals surface area (Å²) in [4.78, 5) is 66.0. The lowest BCUT2D eigenvalue weighted by Gasteiger charge is -2.16. The fraction of sp³-hybridized carbons (Fsp3) is 0.380. The second-order valence-electron chi connectivity index (χ2n) is 16.7. The summed E-state index contributed by atoms with van der Waals surface area (Å²) in [5.41, 5.74) is 4.10. The van der Waals surface area contributed by atoms with Crippen LogP contribution in [0.5, 0.6) is 0 Å². The van der Waals surface area contributed by atoms with Crippen molar-refractivity contribution in [3.63, 3.8) is 0 Å². The Morgan fingerprint density at radius 1 is 0.712 bits per heavy atom. The number of methoxy groups -OCH3 is 1. The molecular formula is C50H64Br2Cl2N11O7P. The highest BCUT2D eigenvalue weighted by atomic mass is 79.9. The molecule has 394 valence electrons. The van der Waals surface area contributed by atoms with Gasteiger partial charge in [-0.25, -0.2) is 19.9 Å². The van der Waals surface area contributed by atoms with Crippen molar-refractivity contribution in [2.24, 2.45) is 0 Å². The number of ketones is 2. The fourth-order valence-electron chi connectivity index (χ4n) is 6.18. The van der Waals surface area contributed by atoms with Gasteiger partial charge >= 0.3 is 7.60 Å². The molecule has 2 aromatic carbocycles. The number of nitrogens with one attached hydrogen (secondary N) is 2. The molecule has 6 aromatic rings. The normalized spacial score (nSPS) is 11.7. The number of Topliss-reactive ketones (excluding diaryl/α,β-unsaturated/α-hetero) is 1. The largest absolute Gasteiger partial charge is 0.380 e. The molecule has 0 aliphatic rings. The molecule has 0 fully saturated rings. The maximum Gasteiger partial charge on any atom is 0.338 e. The predicted octanol–water partition coefficient (Wildman–Crippen LogP) is 10.3. The van der Waals surface area contributed by atoms with E-state index in [0.29, 0.717) is 62.1 Å². The molecule has 2 N–H and O–H groups in total. The number of carbonyl (C=O) groups is 3. The molecule has 0 radical (unpaired) electrons. The maximum absolute atomic E-state index is 12.6. The topological polar surface area (TPSA) is 207 Å². The van der Waals surface area contributed by atoms with E-state index in [2.05, 4.69) is 84.2 Å². The standard InChI is InChI=1S/C20H19BrClN5O.C20H21BrClN4O4P.C6H15NO.C4H9NO/c1-27(2)7-3-4-15(28)8-14-9-16-19(11-23-14)24-12-25-20(16)26-13-5-6-18(22)17(21)10-13;1-3-29-31(28,30-4-2)11-15(27)7-14-8-16-19(10-23-14)24-12-25-20(16)26-13-5-6-18(22)17(21)9-13;1-6(8-4)5-7(2)3;1-5(2)3-4-6/h3-6,9-12H,7-8H2,1-2H3,(H,24,25,26);5-6,8-10,12H,3-4,7,11H2,1-2H3,(H,24,25,26);6H,5H2,1-4H3;4H,3H2,1-2H3/b4-3+;;;. The number of likely N-dealkylation sites (N-methyl/N-ethyl adjacent to an activating group) is 3. The number of benzene rings is 2. The number of hydrogen-bond acceptors (Lipinski definition) is 18. The highest BCUT2D eigenvalue weighted by Crippen LogP contribution is 2.48. The molecule has 1 unspecified atom stereocenters. The number of hydrogen-bond donors (Lipinski definition) is 2. The average Bonchev–Trinajstić information content (AvgIpc) is 3.32. The number of fused-ring (bicyclic) bond motifs is 2. The summed E-state index contributed by atoms with van der Waals surface area (Å²) in [7, 11) is 9.97. The van der Waals surface area contributed by atoms with Crippen LogP contribution in [0.4, 0.5) is 23.0 Å². The van der Waals surface area contributed by atoms with Gasteiger partial charge in [-0.1, -0.05) is 29.3 Å². The van der Waals surface area contributed by atoms with Crippen LogP contribution in [0.2, 0.25) is 10.0 Å². The van der Waals surface area contributed by atoms with E-state index in [0.717, 1.165) is 45.1 Å². The van der Waals surface area contributed by atoms with Gasteiger partial charge in [-0.2, -0.15) is 0 Å². The van der Waals surface area contributed by atoms with Gasteiger partial charge in [-0.05, 0) is 150 Å². The van der Waals surface area contributed by atoms with Crippen molar-refractivity contribution in [1.82, 2.24) is 44.6 Å². The SMILES string of the molecule is CCOP(=O)(CC(=O)Cc1cc2c(Nc3ccc(Cl)c(Br)c3)ncnc2cn1)OCC.CN(C)C/C=C/C(=O)Cc1cc2c(Nc3ccc(Cl)c(Br)c3)ncnc2cn1.CN(C)CC=O.COC(C)CN(C)C. The first-order chi connectivity index (χ1) is 34.7. The molecule has 1 atom stereocenters. The van der Waals surface area contributed by atoms with Gasteiger partial charge in [0.1, 0.15) is 36.7 Å². The molecule has 0 spiro atoms. The fourth-order valence-corrected chi connectivity index (χ4v) is 8.76. The zero-order chi connectivity index (χ0) is 54.1. The Labute approximate surface area is 454 Å². The smallest absolute Gasteiger partial charge is 0.338 e. The molecular weight excluding hydrogens is 1130 g/mol. The third-order valence-corrected chi connectivity index (χ3v) is 14.0. The van der Waals surface area contributed by atoms with Crippen molar-refractivity contribution in [2.45, 2.75) is 39.7 Å². The summed E-state index contributed by atoms with van der Waals surface area (Å²) >= 11 is 18.9. The number of ether oxygens (including phenoxy) is 1. The Kier molecular flexibility index (Phi) is 27.9. The van der Waals surface area contributed by atoms with Crippen LogP contribution in [0.25, 0.3) is 21.8 Å². The number of aromatic nitrogens is 6. The van der Waals surface area contributed by atoms with Crippen LogP contribution in [0, 0.1) is 0 Å². The molecule has 73 heavy (non-hydrogen) atoms. The van der Waals surface area contributed by atoms with Crippen molar-refractivity contribution < 1.29 is 32.7 Å². The number of halogens is 4. The van der Waals surface area contributed by atoms with Crippen molar-refractivity contribution in [3.8, 4) is 0 Å². The van der Waals surface area contributed by atoms with E-state index in [1.165, 1.54) is 12.7 Å². The van der Waals surface area contributed by atoms with Gasteiger partial charge in [0.05, 0.1) is 65.8 Å². The van der Waals surface area contributed by atoms with Crippen molar-refractivity contribution in [2.75, 3.05) is 99.0 Å². The second kappa shape index (κ2) is 32.6. The van der Waals surface area contributed by atoms with E-state index < -0.39 is 7.60 Å². The number of allylic oxidation sites excluding steroid dienone is 1. The molecule has 0 bridgehead atoms. The molecule has 0 amide bonds. The van der Waals surface area contributed by atoms with E-state index >= 15 is 0 Å². The maximum atomic E-state index is 12.6. The predicted molar refractivity (Wildman–Crippen MR) is 300 cm³/mol. The number of aldehydes is 1. The number of anilines is 4. The molecule has 0 aliphatic carbocycles. The molecule has 18 nitrogen and oxygen atoms in total. The summed E-state index contributed by atoms with van der Waals surface area (Å²) in [6.07, 6.45) is 10.7. The first kappa shape index (κ1) is 62.6. The Balaban J connectivity index is 0.000000307. The number of carbonyl (C=O) groups excluding carboxylic acids is 3. The zero-order valence-corrected chi connectivity index (χ0v) is 48.3. The highest BCUT2D eigenvalue weighted by molar-refractivity contribution is 9.10. The third-order valence-electron chi connectivity index (χ3n) is 9.52. The summed E-state index contributed by atoms with van der Waals surface area (Å²) in [5, 5.41) is 9.22. The van der Waals surface area contributed by atoms with E-state index in [1.54, 1.807) is 57.6 Å². The lowest BCUT2D eigenvalue weighted by Crippen LogP contribution is -2.24. The Hall–Kier alpha value is -4.70. The van der Waals surface area contributed by atoms with Gasteiger partial charge in [-0.3, -0.25) is 24.1 Å².